The van der Waals surface area contributed by atoms with Crippen LogP contribution in [0.4, 0.5) is 0 Å². The quantitative estimate of drug-likeness (QED) is 0.282. The molecule has 3 N–H and O–H groups in total. The van der Waals surface area contributed by atoms with Gasteiger partial charge in [-0.1, -0.05) is 77.6 Å². The molecule has 0 spiro atoms. The standard InChI is InChI=1S/C14H30O.Na.H2O4S.H/c1-2-3-4-5-6-7-8-9-10-11-12-13-14-15;;1-5(2,3)4;/h15H,2-14H2,1H3;;(H2,1,2,3,4);/q;+1;;-1. The minimum Gasteiger partial charge on any atom is -1.00 e. The van der Waals surface area contributed by atoms with E-state index in [0.29, 0.717) is 6.61 Å². The van der Waals surface area contributed by atoms with E-state index in [9.17, 15) is 0 Å². The van der Waals surface area contributed by atoms with Crippen molar-refractivity contribution in [3.05, 3.63) is 0 Å². The first-order valence-corrected chi connectivity index (χ1v) is 9.12. The molecular formula is C14H33NaO5S. The zero-order valence-corrected chi connectivity index (χ0v) is 16.6. The van der Waals surface area contributed by atoms with Crippen LogP contribution in [0.15, 0.2) is 0 Å². The van der Waals surface area contributed by atoms with Crippen molar-refractivity contribution in [2.24, 2.45) is 0 Å². The molecule has 5 nitrogen and oxygen atoms in total. The minimum atomic E-state index is -4.67. The summed E-state index contributed by atoms with van der Waals surface area (Å²) in [7, 11) is -4.67. The average molecular weight is 336 g/mol. The van der Waals surface area contributed by atoms with Crippen molar-refractivity contribution in [2.45, 2.75) is 84.0 Å². The monoisotopic (exact) mass is 336 g/mol. The van der Waals surface area contributed by atoms with Gasteiger partial charge in [0.1, 0.15) is 0 Å². The van der Waals surface area contributed by atoms with Crippen molar-refractivity contribution in [3.63, 3.8) is 0 Å². The van der Waals surface area contributed by atoms with Crippen LogP contribution in [0.1, 0.15) is 85.4 Å². The number of unbranched alkanes of at least 4 members (excludes halogenated alkanes) is 11. The average Bonchev–Trinajstić information content (AvgIpc) is 2.34. The topological polar surface area (TPSA) is 94.8 Å². The molecule has 0 aliphatic rings. The van der Waals surface area contributed by atoms with Crippen molar-refractivity contribution in [2.75, 3.05) is 6.61 Å². The summed E-state index contributed by atoms with van der Waals surface area (Å²) in [5, 5.41) is 8.61. The van der Waals surface area contributed by atoms with Gasteiger partial charge in [0, 0.05) is 6.61 Å². The van der Waals surface area contributed by atoms with E-state index in [1.165, 1.54) is 70.6 Å². The molecule has 0 amide bonds. The molecule has 0 aromatic carbocycles. The van der Waals surface area contributed by atoms with E-state index in [4.69, 9.17) is 22.6 Å². The zero-order valence-electron chi connectivity index (χ0n) is 14.8. The van der Waals surface area contributed by atoms with Gasteiger partial charge in [0.25, 0.3) is 0 Å². The zero-order chi connectivity index (χ0) is 15.7. The molecule has 0 atom stereocenters. The van der Waals surface area contributed by atoms with Gasteiger partial charge in [-0.05, 0) is 6.42 Å². The number of aliphatic hydroxyl groups is 1. The normalized spacial score (nSPS) is 10.5. The van der Waals surface area contributed by atoms with Gasteiger partial charge in [-0.15, -0.1) is 0 Å². The van der Waals surface area contributed by atoms with Crippen molar-refractivity contribution < 1.29 is 53.6 Å². The number of rotatable bonds is 12. The third kappa shape index (κ3) is 44.9. The van der Waals surface area contributed by atoms with E-state index in [1.54, 1.807) is 0 Å². The summed E-state index contributed by atoms with van der Waals surface area (Å²) in [5.41, 5.74) is 0. The largest absolute Gasteiger partial charge is 1.00 e. The molecule has 0 saturated carbocycles. The molecular weight excluding hydrogens is 303 g/mol. The van der Waals surface area contributed by atoms with Gasteiger partial charge in [-0.3, -0.25) is 9.11 Å². The number of aliphatic hydroxyl groups excluding tert-OH is 1. The predicted octanol–water partition coefficient (Wildman–Crippen LogP) is 1.14. The number of hydrogen-bond donors (Lipinski definition) is 3. The van der Waals surface area contributed by atoms with Crippen LogP contribution < -0.4 is 29.6 Å². The van der Waals surface area contributed by atoms with Gasteiger partial charge < -0.3 is 6.53 Å². The van der Waals surface area contributed by atoms with Crippen LogP contribution in [-0.4, -0.2) is 29.2 Å². The van der Waals surface area contributed by atoms with Crippen molar-refractivity contribution in [1.82, 2.24) is 0 Å². The Hall–Kier alpha value is 0.830. The van der Waals surface area contributed by atoms with Gasteiger partial charge in [-0.25, -0.2) is 0 Å². The summed E-state index contributed by atoms with van der Waals surface area (Å²) in [6.07, 6.45) is 16.2. The smallest absolute Gasteiger partial charge is 1.00 e. The maximum absolute atomic E-state index is 8.74. The number of hydrogen-bond acceptors (Lipinski definition) is 3. The molecule has 126 valence electrons. The second-order valence-electron chi connectivity index (χ2n) is 5.06. The summed E-state index contributed by atoms with van der Waals surface area (Å²) in [6.45, 7) is 2.64. The minimum absolute atomic E-state index is 0. The van der Waals surface area contributed by atoms with E-state index >= 15 is 0 Å². The predicted molar refractivity (Wildman–Crippen MR) is 83.5 cm³/mol. The molecule has 0 aromatic rings. The molecule has 0 saturated heterocycles. The molecule has 0 fully saturated rings. The molecule has 0 radical (unpaired) electrons. The fourth-order valence-corrected chi connectivity index (χ4v) is 1.95. The van der Waals surface area contributed by atoms with Crippen LogP contribution in [0.25, 0.3) is 0 Å². The molecule has 0 heterocycles. The molecule has 7 heteroatoms. The first-order chi connectivity index (χ1) is 9.41. The summed E-state index contributed by atoms with van der Waals surface area (Å²) in [4.78, 5) is 0. The van der Waals surface area contributed by atoms with E-state index < -0.39 is 10.4 Å². The van der Waals surface area contributed by atoms with Gasteiger partial charge in [0.15, 0.2) is 0 Å². The van der Waals surface area contributed by atoms with E-state index in [-0.39, 0.29) is 31.0 Å². The molecule has 21 heavy (non-hydrogen) atoms. The van der Waals surface area contributed by atoms with Crippen molar-refractivity contribution >= 4 is 10.4 Å². The van der Waals surface area contributed by atoms with Gasteiger partial charge in [0.2, 0.25) is 0 Å². The van der Waals surface area contributed by atoms with E-state index in [2.05, 4.69) is 6.92 Å². The fraction of sp³-hybridized carbons (Fsp3) is 1.00. The first kappa shape index (κ1) is 26.7. The van der Waals surface area contributed by atoms with Crippen molar-refractivity contribution in [3.8, 4) is 0 Å². The Bertz CT molecular complexity index is 256. The Morgan fingerprint density at radius 3 is 1.19 bits per heavy atom. The molecule has 0 aromatic heterocycles. The molecule has 0 bridgehead atoms. The van der Waals surface area contributed by atoms with Crippen LogP contribution >= 0.6 is 0 Å². The maximum atomic E-state index is 8.74. The Kier molecular flexibility index (Phi) is 26.5. The third-order valence-corrected chi connectivity index (χ3v) is 3.01. The third-order valence-electron chi connectivity index (χ3n) is 3.01. The van der Waals surface area contributed by atoms with E-state index in [1.807, 2.05) is 0 Å². The van der Waals surface area contributed by atoms with Gasteiger partial charge in [0.05, 0.1) is 0 Å². The fourth-order valence-electron chi connectivity index (χ4n) is 1.95. The maximum Gasteiger partial charge on any atom is 1.00 e. The molecule has 0 unspecified atom stereocenters. The second-order valence-corrected chi connectivity index (χ2v) is 5.96. The Labute approximate surface area is 154 Å². The molecule has 0 aliphatic carbocycles. The van der Waals surface area contributed by atoms with E-state index in [0.717, 1.165) is 6.42 Å². The first-order valence-electron chi connectivity index (χ1n) is 7.72. The van der Waals surface area contributed by atoms with Gasteiger partial charge >= 0.3 is 40.0 Å². The second kappa shape index (κ2) is 20.8. The Morgan fingerprint density at radius 2 is 0.952 bits per heavy atom. The summed E-state index contributed by atoms with van der Waals surface area (Å²) in [5.74, 6) is 0. The van der Waals surface area contributed by atoms with Crippen molar-refractivity contribution in [1.29, 1.82) is 0 Å². The summed E-state index contributed by atoms with van der Waals surface area (Å²) < 4.78 is 31.6. The summed E-state index contributed by atoms with van der Waals surface area (Å²) >= 11 is 0. The van der Waals surface area contributed by atoms with Crippen LogP contribution in [0.3, 0.4) is 0 Å². The molecule has 0 aliphatic heterocycles. The Morgan fingerprint density at radius 1 is 0.714 bits per heavy atom. The van der Waals surface area contributed by atoms with Crippen LogP contribution in [-0.2, 0) is 10.4 Å². The molecule has 0 rings (SSSR count). The van der Waals surface area contributed by atoms with Gasteiger partial charge in [-0.2, -0.15) is 8.42 Å². The summed E-state index contributed by atoms with van der Waals surface area (Å²) in [6, 6.07) is 0. The Balaban J connectivity index is -0.000000201. The van der Waals surface area contributed by atoms with Crippen LogP contribution in [0.2, 0.25) is 0 Å². The SMILES string of the molecule is CCCCCCCCCCCCCCO.O=S(=O)(O)O.[H-].[Na+]. The van der Waals surface area contributed by atoms with Crippen LogP contribution in [0, 0.1) is 0 Å². The van der Waals surface area contributed by atoms with Crippen LogP contribution in [0.5, 0.6) is 0 Å².